The van der Waals surface area contributed by atoms with Crippen molar-refractivity contribution in [1.82, 2.24) is 14.8 Å². The van der Waals surface area contributed by atoms with E-state index in [1.54, 1.807) is 25.1 Å². The Bertz CT molecular complexity index is 1180. The molecule has 0 unspecified atom stereocenters. The predicted molar refractivity (Wildman–Crippen MR) is 126 cm³/mol. The smallest absolute Gasteiger partial charge is 0.240 e. The number of aryl methyl sites for hydroxylation is 2. The predicted octanol–water partition coefficient (Wildman–Crippen LogP) is 4.80. The monoisotopic (exact) mass is 473 g/mol. The van der Waals surface area contributed by atoms with Gasteiger partial charge in [0, 0.05) is 29.7 Å². The van der Waals surface area contributed by atoms with E-state index in [1.165, 1.54) is 0 Å². The molecule has 0 saturated carbocycles. The van der Waals surface area contributed by atoms with Crippen molar-refractivity contribution in [1.29, 1.82) is 0 Å². The SMILES string of the molecule is Cc1cc(-c2ccc(C)c(S(=O)(=O)NCC3CCN(Cc4ccccc4Cl)CC3)c2)on1. The van der Waals surface area contributed by atoms with Crippen LogP contribution in [0.3, 0.4) is 0 Å². The van der Waals surface area contributed by atoms with E-state index in [0.717, 1.165) is 48.8 Å². The summed E-state index contributed by atoms with van der Waals surface area (Å²) in [7, 11) is -3.62. The van der Waals surface area contributed by atoms with Crippen molar-refractivity contribution in [3.63, 3.8) is 0 Å². The molecule has 0 aliphatic carbocycles. The van der Waals surface area contributed by atoms with Crippen LogP contribution >= 0.6 is 11.6 Å². The van der Waals surface area contributed by atoms with Gasteiger partial charge in [0.2, 0.25) is 10.0 Å². The van der Waals surface area contributed by atoms with Crippen LogP contribution < -0.4 is 4.72 Å². The summed E-state index contributed by atoms with van der Waals surface area (Å²) >= 11 is 6.28. The van der Waals surface area contributed by atoms with E-state index < -0.39 is 10.0 Å². The molecular weight excluding hydrogens is 446 g/mol. The van der Waals surface area contributed by atoms with Crippen LogP contribution in [0.2, 0.25) is 5.02 Å². The van der Waals surface area contributed by atoms with Crippen molar-refractivity contribution in [3.8, 4) is 11.3 Å². The summed E-state index contributed by atoms with van der Waals surface area (Å²) in [4.78, 5) is 2.65. The van der Waals surface area contributed by atoms with Gasteiger partial charge < -0.3 is 4.52 Å². The number of likely N-dealkylation sites (tertiary alicyclic amines) is 1. The number of benzene rings is 2. The molecule has 0 radical (unpaired) electrons. The molecule has 1 N–H and O–H groups in total. The van der Waals surface area contributed by atoms with Crippen LogP contribution in [0.1, 0.15) is 29.7 Å². The van der Waals surface area contributed by atoms with Crippen molar-refractivity contribution >= 4 is 21.6 Å². The molecule has 1 aliphatic rings. The fraction of sp³-hybridized carbons (Fsp3) is 0.375. The third-order valence-electron chi connectivity index (χ3n) is 6.01. The second-order valence-corrected chi connectivity index (χ2v) is 10.6. The Morgan fingerprint density at radius 2 is 1.88 bits per heavy atom. The van der Waals surface area contributed by atoms with E-state index in [0.29, 0.717) is 29.3 Å². The zero-order chi connectivity index (χ0) is 22.7. The van der Waals surface area contributed by atoms with Crippen molar-refractivity contribution in [2.45, 2.75) is 38.1 Å². The van der Waals surface area contributed by atoms with E-state index in [9.17, 15) is 8.42 Å². The normalized spacial score (nSPS) is 15.8. The minimum absolute atomic E-state index is 0.278. The number of sulfonamides is 1. The maximum Gasteiger partial charge on any atom is 0.240 e. The van der Waals surface area contributed by atoms with Gasteiger partial charge in [-0.3, -0.25) is 4.90 Å². The molecule has 2 heterocycles. The van der Waals surface area contributed by atoms with Crippen molar-refractivity contribution < 1.29 is 12.9 Å². The zero-order valence-corrected chi connectivity index (χ0v) is 19.9. The average Bonchev–Trinajstić information content (AvgIpc) is 3.21. The topological polar surface area (TPSA) is 75.4 Å². The maximum absolute atomic E-state index is 13.0. The Morgan fingerprint density at radius 3 is 2.56 bits per heavy atom. The summed E-state index contributed by atoms with van der Waals surface area (Å²) in [6.45, 7) is 6.75. The lowest BCUT2D eigenvalue weighted by Crippen LogP contribution is -2.38. The number of aromatic nitrogens is 1. The van der Waals surface area contributed by atoms with Crippen molar-refractivity contribution in [2.75, 3.05) is 19.6 Å². The quantitative estimate of drug-likeness (QED) is 0.533. The Kier molecular flexibility index (Phi) is 7.00. The Labute approximate surface area is 194 Å². The van der Waals surface area contributed by atoms with Gasteiger partial charge in [-0.25, -0.2) is 13.1 Å². The molecular formula is C24H28ClN3O3S. The standard InChI is InChI=1S/C24H28ClN3O3S/c1-17-7-8-20(23-13-18(2)27-31-23)14-24(17)32(29,30)26-15-19-9-11-28(12-10-19)16-21-5-3-4-6-22(21)25/h3-8,13-14,19,26H,9-12,15-16H2,1-2H3. The first kappa shape index (κ1) is 23.0. The van der Waals surface area contributed by atoms with Gasteiger partial charge >= 0.3 is 0 Å². The molecule has 4 rings (SSSR count). The van der Waals surface area contributed by atoms with Crippen LogP contribution in [0.5, 0.6) is 0 Å². The second-order valence-electron chi connectivity index (χ2n) is 8.48. The van der Waals surface area contributed by atoms with Gasteiger partial charge in [-0.15, -0.1) is 0 Å². The summed E-state index contributed by atoms with van der Waals surface area (Å²) in [5.41, 5.74) is 3.28. The third kappa shape index (κ3) is 5.41. The number of rotatable bonds is 7. The van der Waals surface area contributed by atoms with Crippen LogP contribution in [-0.2, 0) is 16.6 Å². The van der Waals surface area contributed by atoms with Crippen molar-refractivity contribution in [3.05, 3.63) is 70.4 Å². The Hall–Kier alpha value is -2.19. The van der Waals surface area contributed by atoms with E-state index in [2.05, 4.69) is 20.8 Å². The average molecular weight is 474 g/mol. The maximum atomic E-state index is 13.0. The number of nitrogens with zero attached hydrogens (tertiary/aromatic N) is 2. The zero-order valence-electron chi connectivity index (χ0n) is 18.3. The highest BCUT2D eigenvalue weighted by molar-refractivity contribution is 7.89. The van der Waals surface area contributed by atoms with Crippen LogP contribution in [0, 0.1) is 19.8 Å². The second kappa shape index (κ2) is 9.75. The van der Waals surface area contributed by atoms with E-state index in [-0.39, 0.29) is 4.90 Å². The number of hydrogen-bond acceptors (Lipinski definition) is 5. The van der Waals surface area contributed by atoms with Gasteiger partial charge in [0.05, 0.1) is 10.6 Å². The lowest BCUT2D eigenvalue weighted by Gasteiger charge is -2.32. The van der Waals surface area contributed by atoms with Crippen LogP contribution in [0.4, 0.5) is 0 Å². The summed E-state index contributed by atoms with van der Waals surface area (Å²) in [5, 5.41) is 4.68. The lowest BCUT2D eigenvalue weighted by atomic mass is 9.97. The fourth-order valence-electron chi connectivity index (χ4n) is 4.06. The first-order valence-corrected chi connectivity index (χ1v) is 12.7. The van der Waals surface area contributed by atoms with Crippen LogP contribution in [-0.4, -0.2) is 38.1 Å². The molecule has 0 atom stereocenters. The van der Waals surface area contributed by atoms with Gasteiger partial charge in [0.1, 0.15) is 0 Å². The number of hydrogen-bond donors (Lipinski definition) is 1. The molecule has 8 heteroatoms. The number of piperidine rings is 1. The molecule has 1 saturated heterocycles. The first-order valence-electron chi connectivity index (χ1n) is 10.8. The number of nitrogens with one attached hydrogen (secondary N) is 1. The first-order chi connectivity index (χ1) is 15.3. The third-order valence-corrected chi connectivity index (χ3v) is 7.95. The molecule has 3 aromatic rings. The molecule has 170 valence electrons. The minimum atomic E-state index is -3.62. The van der Waals surface area contributed by atoms with Crippen LogP contribution in [0.25, 0.3) is 11.3 Å². The summed E-state index contributed by atoms with van der Waals surface area (Å²) in [6, 6.07) is 15.0. The molecule has 0 bridgehead atoms. The van der Waals surface area contributed by atoms with Gasteiger partial charge in [0.15, 0.2) is 5.76 Å². The largest absolute Gasteiger partial charge is 0.356 e. The molecule has 0 amide bonds. The van der Waals surface area contributed by atoms with Crippen LogP contribution in [0.15, 0.2) is 57.9 Å². The van der Waals surface area contributed by atoms with Crippen molar-refractivity contribution in [2.24, 2.45) is 5.92 Å². The highest BCUT2D eigenvalue weighted by atomic mass is 35.5. The fourth-order valence-corrected chi connectivity index (χ4v) is 5.64. The molecule has 6 nitrogen and oxygen atoms in total. The van der Waals surface area contributed by atoms with E-state index in [4.69, 9.17) is 16.1 Å². The molecule has 1 fully saturated rings. The number of halogens is 1. The molecule has 1 aromatic heterocycles. The summed E-state index contributed by atoms with van der Waals surface area (Å²) < 4.78 is 34.2. The lowest BCUT2D eigenvalue weighted by molar-refractivity contribution is 0.178. The van der Waals surface area contributed by atoms with Gasteiger partial charge in [-0.2, -0.15) is 0 Å². The summed E-state index contributed by atoms with van der Waals surface area (Å²) in [5.74, 6) is 0.873. The minimum Gasteiger partial charge on any atom is -0.356 e. The Morgan fingerprint density at radius 1 is 1.12 bits per heavy atom. The molecule has 0 spiro atoms. The summed E-state index contributed by atoms with van der Waals surface area (Å²) in [6.07, 6.45) is 1.90. The highest BCUT2D eigenvalue weighted by Crippen LogP contribution is 2.26. The molecule has 32 heavy (non-hydrogen) atoms. The highest BCUT2D eigenvalue weighted by Gasteiger charge is 2.24. The molecule has 1 aliphatic heterocycles. The van der Waals surface area contributed by atoms with Gasteiger partial charge in [0.25, 0.3) is 0 Å². The van der Waals surface area contributed by atoms with Gasteiger partial charge in [-0.1, -0.05) is 47.1 Å². The molecule has 2 aromatic carbocycles. The van der Waals surface area contributed by atoms with Gasteiger partial charge in [-0.05, 0) is 69.0 Å². The van der Waals surface area contributed by atoms with E-state index in [1.807, 2.05) is 31.2 Å². The Balaban J connectivity index is 1.35. The van der Waals surface area contributed by atoms with E-state index >= 15 is 0 Å².